The van der Waals surface area contributed by atoms with Crippen LogP contribution in [0.3, 0.4) is 0 Å². The predicted molar refractivity (Wildman–Crippen MR) is 140 cm³/mol. The molecule has 3 aromatic rings. The Hall–Kier alpha value is -4.57. The van der Waals surface area contributed by atoms with Gasteiger partial charge in [0.05, 0.1) is 9.85 Å². The summed E-state index contributed by atoms with van der Waals surface area (Å²) in [5.41, 5.74) is 0.974. The van der Waals surface area contributed by atoms with Crippen LogP contribution in [0.1, 0.15) is 42.3 Å². The van der Waals surface area contributed by atoms with Crippen LogP contribution in [0.15, 0.2) is 72.4 Å². The number of halogens is 1. The molecule has 0 radical (unpaired) electrons. The molecule has 0 aliphatic rings. The molecular weight excluding hydrogens is 500 g/mol. The van der Waals surface area contributed by atoms with Crippen molar-refractivity contribution in [3.05, 3.63) is 114 Å². The molecule has 0 spiro atoms. The van der Waals surface area contributed by atoms with Gasteiger partial charge in [-0.3, -0.25) is 29.8 Å². The van der Waals surface area contributed by atoms with Crippen molar-refractivity contribution >= 4 is 46.6 Å². The topological polar surface area (TPSA) is 144 Å². The number of rotatable bonds is 7. The number of amides is 2. The Morgan fingerprint density at radius 3 is 2.05 bits per heavy atom. The largest absolute Gasteiger partial charge is 0.320 e. The van der Waals surface area contributed by atoms with Crippen LogP contribution in [-0.2, 0) is 10.2 Å². The van der Waals surface area contributed by atoms with Gasteiger partial charge in [0, 0.05) is 29.4 Å². The number of non-ortho nitro benzene ring substituents is 1. The lowest BCUT2D eigenvalue weighted by atomic mass is 9.87. The van der Waals surface area contributed by atoms with Crippen molar-refractivity contribution in [2.75, 3.05) is 5.32 Å². The number of nitrogens with one attached hydrogen (secondary N) is 2. The van der Waals surface area contributed by atoms with Gasteiger partial charge in [0.15, 0.2) is 0 Å². The molecule has 3 rings (SSSR count). The van der Waals surface area contributed by atoms with Gasteiger partial charge in [-0.1, -0.05) is 44.5 Å². The maximum absolute atomic E-state index is 13.1. The Labute approximate surface area is 217 Å². The van der Waals surface area contributed by atoms with E-state index >= 15 is 0 Å². The van der Waals surface area contributed by atoms with Crippen molar-refractivity contribution in [2.45, 2.75) is 26.2 Å². The molecule has 10 nitrogen and oxygen atoms in total. The molecule has 0 aliphatic heterocycles. The lowest BCUT2D eigenvalue weighted by Crippen LogP contribution is -2.30. The minimum absolute atomic E-state index is 0.0829. The SMILES string of the molecule is CC(C)(C)c1ccc(C(=O)NC(=Cc2ccc([N+](=O)[O-])cc2)C(=O)Nc2ccc(Cl)c([N+](=O)[O-])c2)cc1. The molecule has 0 unspecified atom stereocenters. The average Bonchev–Trinajstić information content (AvgIpc) is 2.84. The van der Waals surface area contributed by atoms with Gasteiger partial charge >= 0.3 is 0 Å². The highest BCUT2D eigenvalue weighted by atomic mass is 35.5. The van der Waals surface area contributed by atoms with Crippen LogP contribution in [0.5, 0.6) is 0 Å². The van der Waals surface area contributed by atoms with E-state index in [0.717, 1.165) is 11.6 Å². The fraction of sp³-hybridized carbons (Fsp3) is 0.154. The number of carbonyl (C=O) groups is 2. The number of nitrogens with zero attached hydrogens (tertiary/aromatic N) is 2. The molecule has 0 heterocycles. The van der Waals surface area contributed by atoms with Gasteiger partial charge in [-0.15, -0.1) is 0 Å². The summed E-state index contributed by atoms with van der Waals surface area (Å²) in [7, 11) is 0. The summed E-state index contributed by atoms with van der Waals surface area (Å²) in [4.78, 5) is 47.0. The maximum atomic E-state index is 13.1. The van der Waals surface area contributed by atoms with Crippen molar-refractivity contribution in [3.8, 4) is 0 Å². The third-order valence-electron chi connectivity index (χ3n) is 5.32. The number of benzene rings is 3. The molecule has 0 aromatic heterocycles. The zero-order chi connectivity index (χ0) is 27.3. The van der Waals surface area contributed by atoms with E-state index < -0.39 is 27.3 Å². The third-order valence-corrected chi connectivity index (χ3v) is 5.64. The zero-order valence-corrected chi connectivity index (χ0v) is 20.9. The molecule has 0 bridgehead atoms. The normalized spacial score (nSPS) is 11.5. The Balaban J connectivity index is 1.93. The molecule has 0 saturated heterocycles. The van der Waals surface area contributed by atoms with Gasteiger partial charge in [0.2, 0.25) is 0 Å². The first kappa shape index (κ1) is 27.0. The first-order chi connectivity index (χ1) is 17.3. The van der Waals surface area contributed by atoms with E-state index in [1.54, 1.807) is 12.1 Å². The van der Waals surface area contributed by atoms with Crippen LogP contribution < -0.4 is 10.6 Å². The number of nitro benzene ring substituents is 2. The van der Waals surface area contributed by atoms with Crippen LogP contribution in [0.25, 0.3) is 6.08 Å². The smallest absolute Gasteiger partial charge is 0.289 e. The molecule has 3 aromatic carbocycles. The van der Waals surface area contributed by atoms with Crippen LogP contribution in [0, 0.1) is 20.2 Å². The lowest BCUT2D eigenvalue weighted by molar-refractivity contribution is -0.385. The van der Waals surface area contributed by atoms with Gasteiger partial charge < -0.3 is 10.6 Å². The fourth-order valence-corrected chi connectivity index (χ4v) is 3.45. The quantitative estimate of drug-likeness (QED) is 0.226. The summed E-state index contributed by atoms with van der Waals surface area (Å²) in [6.07, 6.45) is 1.34. The molecule has 37 heavy (non-hydrogen) atoms. The number of anilines is 1. The van der Waals surface area contributed by atoms with Crippen molar-refractivity contribution in [3.63, 3.8) is 0 Å². The fourth-order valence-electron chi connectivity index (χ4n) is 3.26. The highest BCUT2D eigenvalue weighted by Crippen LogP contribution is 2.28. The summed E-state index contributed by atoms with van der Waals surface area (Å²) in [5.74, 6) is -1.33. The van der Waals surface area contributed by atoms with Crippen LogP contribution >= 0.6 is 11.6 Å². The second-order valence-corrected chi connectivity index (χ2v) is 9.47. The number of hydrogen-bond donors (Lipinski definition) is 2. The lowest BCUT2D eigenvalue weighted by Gasteiger charge is -2.19. The number of nitro groups is 2. The molecule has 2 amide bonds. The summed E-state index contributed by atoms with van der Waals surface area (Å²) in [5, 5.41) is 27.1. The van der Waals surface area contributed by atoms with Crippen LogP contribution in [-0.4, -0.2) is 21.7 Å². The van der Waals surface area contributed by atoms with Crippen molar-refractivity contribution < 1.29 is 19.4 Å². The van der Waals surface area contributed by atoms with Crippen LogP contribution in [0.2, 0.25) is 5.02 Å². The van der Waals surface area contributed by atoms with Gasteiger partial charge in [-0.2, -0.15) is 0 Å². The predicted octanol–water partition coefficient (Wildman–Crippen LogP) is 5.86. The maximum Gasteiger partial charge on any atom is 0.289 e. The van der Waals surface area contributed by atoms with E-state index in [-0.39, 0.29) is 27.5 Å². The summed E-state index contributed by atoms with van der Waals surface area (Å²) in [6.45, 7) is 6.12. The molecular formula is C26H23ClN4O6. The average molecular weight is 523 g/mol. The Morgan fingerprint density at radius 2 is 1.51 bits per heavy atom. The second-order valence-electron chi connectivity index (χ2n) is 9.07. The van der Waals surface area contributed by atoms with Crippen molar-refractivity contribution in [2.24, 2.45) is 0 Å². The first-order valence-electron chi connectivity index (χ1n) is 11.0. The summed E-state index contributed by atoms with van der Waals surface area (Å²) in [6, 6.07) is 16.0. The van der Waals surface area contributed by atoms with Gasteiger partial charge in [0.1, 0.15) is 10.7 Å². The van der Waals surface area contributed by atoms with Crippen molar-refractivity contribution in [1.29, 1.82) is 0 Å². The van der Waals surface area contributed by atoms with E-state index in [4.69, 9.17) is 11.6 Å². The third kappa shape index (κ3) is 6.98. The van der Waals surface area contributed by atoms with E-state index in [9.17, 15) is 29.8 Å². The first-order valence-corrected chi connectivity index (χ1v) is 11.4. The molecule has 0 fully saturated rings. The monoisotopic (exact) mass is 522 g/mol. The van der Waals surface area contributed by atoms with E-state index in [0.29, 0.717) is 11.1 Å². The Bertz CT molecular complexity index is 1390. The highest BCUT2D eigenvalue weighted by molar-refractivity contribution is 6.32. The Kier molecular flexibility index (Phi) is 8.04. The second kappa shape index (κ2) is 11.0. The van der Waals surface area contributed by atoms with Gasteiger partial charge in [-0.25, -0.2) is 0 Å². The summed E-state index contributed by atoms with van der Waals surface area (Å²) < 4.78 is 0. The van der Waals surface area contributed by atoms with Crippen LogP contribution in [0.4, 0.5) is 17.1 Å². The van der Waals surface area contributed by atoms with E-state index in [1.807, 2.05) is 32.9 Å². The van der Waals surface area contributed by atoms with Gasteiger partial charge in [0.25, 0.3) is 23.2 Å². The minimum Gasteiger partial charge on any atom is -0.320 e. The molecule has 2 N–H and O–H groups in total. The van der Waals surface area contributed by atoms with Crippen molar-refractivity contribution in [1.82, 2.24) is 5.32 Å². The number of carbonyl (C=O) groups excluding carboxylic acids is 2. The Morgan fingerprint density at radius 1 is 0.892 bits per heavy atom. The molecule has 0 atom stereocenters. The zero-order valence-electron chi connectivity index (χ0n) is 20.2. The molecule has 0 saturated carbocycles. The van der Waals surface area contributed by atoms with E-state index in [1.165, 1.54) is 42.5 Å². The summed E-state index contributed by atoms with van der Waals surface area (Å²) >= 11 is 5.84. The minimum atomic E-state index is -0.769. The van der Waals surface area contributed by atoms with E-state index in [2.05, 4.69) is 10.6 Å². The standard InChI is InChI=1S/C26H23ClN4O6/c1-26(2,3)18-8-6-17(7-9-18)24(32)29-22(14-16-4-11-20(12-5-16)30(34)35)25(33)28-19-10-13-21(27)23(15-19)31(36)37/h4-15H,1-3H3,(H,28,33)(H,29,32). The van der Waals surface area contributed by atoms with Gasteiger partial charge in [-0.05, 0) is 59.0 Å². The molecule has 11 heteroatoms. The molecule has 0 aliphatic carbocycles. The highest BCUT2D eigenvalue weighted by Gasteiger charge is 2.19. The molecule has 190 valence electrons. The number of hydrogen-bond acceptors (Lipinski definition) is 6.